The van der Waals surface area contributed by atoms with Gasteiger partial charge in [-0.05, 0) is 55.8 Å². The molecule has 140 valence electrons. The van der Waals surface area contributed by atoms with Gasteiger partial charge in [-0.1, -0.05) is 23.7 Å². The maximum absolute atomic E-state index is 12.6. The number of anilines is 1. The normalized spacial score (nSPS) is 11.4. The number of rotatable bonds is 5. The molecule has 0 aliphatic rings. The van der Waals surface area contributed by atoms with Crippen LogP contribution in [-0.4, -0.2) is 24.0 Å². The Labute approximate surface area is 162 Å². The summed E-state index contributed by atoms with van der Waals surface area (Å²) in [6, 6.07) is 15.2. The van der Waals surface area contributed by atoms with E-state index in [1.807, 2.05) is 0 Å². The van der Waals surface area contributed by atoms with Crippen LogP contribution in [0.2, 0.25) is 5.02 Å². The van der Waals surface area contributed by atoms with Crippen molar-refractivity contribution in [3.8, 4) is 16.8 Å². The summed E-state index contributed by atoms with van der Waals surface area (Å²) in [6.45, 7) is 3.36. The first-order valence-corrected chi connectivity index (χ1v) is 10.3. The van der Waals surface area contributed by atoms with E-state index in [-0.39, 0.29) is 11.3 Å². The second-order valence-electron chi connectivity index (χ2n) is 5.96. The molecule has 3 rings (SSSR count). The van der Waals surface area contributed by atoms with Crippen LogP contribution in [0.4, 0.5) is 5.69 Å². The van der Waals surface area contributed by atoms with E-state index in [0.717, 1.165) is 0 Å². The zero-order valence-corrected chi connectivity index (χ0v) is 16.4. The van der Waals surface area contributed by atoms with Gasteiger partial charge in [0.25, 0.3) is 5.56 Å². The van der Waals surface area contributed by atoms with Crippen LogP contribution in [0, 0.1) is 6.92 Å². The van der Waals surface area contributed by atoms with Crippen LogP contribution in [0.25, 0.3) is 16.8 Å². The number of nitrogens with zero attached hydrogens (tertiary/aromatic N) is 2. The molecule has 0 aliphatic heterocycles. The van der Waals surface area contributed by atoms with Crippen molar-refractivity contribution in [2.24, 2.45) is 0 Å². The zero-order chi connectivity index (χ0) is 19.6. The van der Waals surface area contributed by atoms with Crippen molar-refractivity contribution in [2.75, 3.05) is 10.5 Å². The number of aromatic nitrogens is 2. The third kappa shape index (κ3) is 4.37. The first-order chi connectivity index (χ1) is 12.8. The van der Waals surface area contributed by atoms with Crippen molar-refractivity contribution in [3.63, 3.8) is 0 Å². The van der Waals surface area contributed by atoms with Gasteiger partial charge in [-0.15, -0.1) is 0 Å². The summed E-state index contributed by atoms with van der Waals surface area (Å²) in [6.07, 6.45) is 0. The summed E-state index contributed by atoms with van der Waals surface area (Å²) in [5, 5.41) is 4.97. The van der Waals surface area contributed by atoms with Crippen LogP contribution >= 0.6 is 11.6 Å². The third-order valence-corrected chi connectivity index (χ3v) is 5.57. The van der Waals surface area contributed by atoms with Crippen molar-refractivity contribution < 1.29 is 8.42 Å². The SMILES string of the molecule is CCS(=O)(=O)Nc1cccc(-c2cc(=O)n(-c3ccc(Cl)cc3)nc2C)c1. The Hall–Kier alpha value is -2.64. The number of halogens is 1. The Bertz CT molecular complexity index is 1140. The first-order valence-electron chi connectivity index (χ1n) is 8.27. The lowest BCUT2D eigenvalue weighted by atomic mass is 10.0. The molecular formula is C19H18ClN3O3S. The van der Waals surface area contributed by atoms with Crippen molar-refractivity contribution in [2.45, 2.75) is 13.8 Å². The van der Waals surface area contributed by atoms with E-state index in [1.54, 1.807) is 62.4 Å². The molecule has 1 aromatic heterocycles. The topological polar surface area (TPSA) is 81.1 Å². The Morgan fingerprint density at radius 3 is 2.48 bits per heavy atom. The average molecular weight is 404 g/mol. The second-order valence-corrected chi connectivity index (χ2v) is 8.40. The second kappa shape index (κ2) is 7.54. The molecule has 0 aliphatic carbocycles. The Morgan fingerprint density at radius 1 is 1.11 bits per heavy atom. The van der Waals surface area contributed by atoms with Gasteiger partial charge in [0.1, 0.15) is 0 Å². The van der Waals surface area contributed by atoms with Crippen LogP contribution in [0.5, 0.6) is 0 Å². The summed E-state index contributed by atoms with van der Waals surface area (Å²) < 4.78 is 27.4. The van der Waals surface area contributed by atoms with Crippen molar-refractivity contribution >= 4 is 27.3 Å². The largest absolute Gasteiger partial charge is 0.284 e. The molecule has 8 heteroatoms. The van der Waals surface area contributed by atoms with Crippen LogP contribution in [0.15, 0.2) is 59.4 Å². The lowest BCUT2D eigenvalue weighted by Crippen LogP contribution is -2.21. The fraction of sp³-hybridized carbons (Fsp3) is 0.158. The number of hydrogen-bond donors (Lipinski definition) is 1. The molecule has 0 saturated heterocycles. The minimum atomic E-state index is -3.38. The molecule has 0 radical (unpaired) electrons. The van der Waals surface area contributed by atoms with Crippen LogP contribution in [0.3, 0.4) is 0 Å². The van der Waals surface area contributed by atoms with Gasteiger partial charge in [0.2, 0.25) is 10.0 Å². The number of aryl methyl sites for hydroxylation is 1. The highest BCUT2D eigenvalue weighted by Gasteiger charge is 2.11. The molecule has 0 amide bonds. The highest BCUT2D eigenvalue weighted by Crippen LogP contribution is 2.24. The molecule has 0 fully saturated rings. The van der Waals surface area contributed by atoms with Crippen molar-refractivity contribution in [1.82, 2.24) is 9.78 Å². The summed E-state index contributed by atoms with van der Waals surface area (Å²) >= 11 is 5.89. The highest BCUT2D eigenvalue weighted by molar-refractivity contribution is 7.92. The molecule has 0 atom stereocenters. The monoisotopic (exact) mass is 403 g/mol. The molecule has 0 unspecified atom stereocenters. The Morgan fingerprint density at radius 2 is 1.81 bits per heavy atom. The minimum Gasteiger partial charge on any atom is -0.284 e. The molecule has 1 N–H and O–H groups in total. The number of sulfonamides is 1. The summed E-state index contributed by atoms with van der Waals surface area (Å²) in [5.41, 5.74) is 2.75. The number of hydrogen-bond acceptors (Lipinski definition) is 4. The smallest absolute Gasteiger partial charge is 0.272 e. The minimum absolute atomic E-state index is 0.0189. The molecule has 0 bridgehead atoms. The molecule has 2 aromatic carbocycles. The molecule has 6 nitrogen and oxygen atoms in total. The van der Waals surface area contributed by atoms with Crippen LogP contribution < -0.4 is 10.3 Å². The van der Waals surface area contributed by atoms with Gasteiger partial charge in [-0.25, -0.2) is 8.42 Å². The predicted molar refractivity (Wildman–Crippen MR) is 108 cm³/mol. The van der Waals surface area contributed by atoms with E-state index >= 15 is 0 Å². The first kappa shape index (κ1) is 19.1. The predicted octanol–water partition coefficient (Wildman–Crippen LogP) is 3.62. The molecule has 27 heavy (non-hydrogen) atoms. The lowest BCUT2D eigenvalue weighted by Gasteiger charge is -2.11. The van der Waals surface area contributed by atoms with Gasteiger partial charge in [0, 0.05) is 22.3 Å². The summed E-state index contributed by atoms with van der Waals surface area (Å²) in [7, 11) is -3.38. The standard InChI is InChI=1S/C19H18ClN3O3S/c1-3-27(25,26)22-16-6-4-5-14(11-16)18-12-19(24)23(21-13(18)2)17-9-7-15(20)8-10-17/h4-12,22H,3H2,1-2H3. The average Bonchev–Trinajstić information content (AvgIpc) is 2.64. The zero-order valence-electron chi connectivity index (χ0n) is 14.8. The van der Waals surface area contributed by atoms with Crippen molar-refractivity contribution in [3.05, 3.63) is 75.7 Å². The fourth-order valence-electron chi connectivity index (χ4n) is 2.60. The highest BCUT2D eigenvalue weighted by atomic mass is 35.5. The third-order valence-electron chi connectivity index (χ3n) is 4.01. The molecule has 0 saturated carbocycles. The van der Waals surface area contributed by atoms with Crippen LogP contribution in [-0.2, 0) is 10.0 Å². The maximum atomic E-state index is 12.6. The van der Waals surface area contributed by atoms with Gasteiger partial charge in [-0.3, -0.25) is 9.52 Å². The van der Waals surface area contributed by atoms with Crippen LogP contribution in [0.1, 0.15) is 12.6 Å². The Kier molecular flexibility index (Phi) is 5.34. The fourth-order valence-corrected chi connectivity index (χ4v) is 3.36. The number of nitrogens with one attached hydrogen (secondary N) is 1. The van der Waals surface area contributed by atoms with E-state index in [0.29, 0.717) is 33.2 Å². The van der Waals surface area contributed by atoms with Gasteiger partial charge in [0.05, 0.1) is 17.1 Å². The number of benzene rings is 2. The maximum Gasteiger partial charge on any atom is 0.272 e. The van der Waals surface area contributed by atoms with Gasteiger partial charge >= 0.3 is 0 Å². The van der Waals surface area contributed by atoms with E-state index < -0.39 is 10.0 Å². The molecule has 0 spiro atoms. The molecule has 3 aromatic rings. The van der Waals surface area contributed by atoms with E-state index in [2.05, 4.69) is 9.82 Å². The summed E-state index contributed by atoms with van der Waals surface area (Å²) in [4.78, 5) is 12.6. The van der Waals surface area contributed by atoms with E-state index in [1.165, 1.54) is 10.7 Å². The van der Waals surface area contributed by atoms with Crippen molar-refractivity contribution in [1.29, 1.82) is 0 Å². The van der Waals surface area contributed by atoms with Gasteiger partial charge in [0.15, 0.2) is 0 Å². The summed E-state index contributed by atoms with van der Waals surface area (Å²) in [5.74, 6) is -0.0189. The quantitative estimate of drug-likeness (QED) is 0.705. The van der Waals surface area contributed by atoms with E-state index in [9.17, 15) is 13.2 Å². The van der Waals surface area contributed by atoms with Gasteiger partial charge < -0.3 is 0 Å². The Balaban J connectivity index is 2.02. The molecular weight excluding hydrogens is 386 g/mol. The van der Waals surface area contributed by atoms with Gasteiger partial charge in [-0.2, -0.15) is 9.78 Å². The van der Waals surface area contributed by atoms with E-state index in [4.69, 9.17) is 11.6 Å². The lowest BCUT2D eigenvalue weighted by molar-refractivity contribution is 0.602. The molecule has 1 heterocycles.